The molecule has 0 aromatic heterocycles. The van der Waals surface area contributed by atoms with Crippen LogP contribution < -0.4 is 9.47 Å². The second-order valence-electron chi connectivity index (χ2n) is 3.76. The summed E-state index contributed by atoms with van der Waals surface area (Å²) in [7, 11) is -0.433. The number of aryl methyl sites for hydroxylation is 1. The average Bonchev–Trinajstić information content (AvgIpc) is 2.62. The molecule has 0 saturated heterocycles. The number of hydrogen-bond acceptors (Lipinski definition) is 4. The van der Waals surface area contributed by atoms with Crippen molar-refractivity contribution in [2.45, 2.75) is 11.8 Å². The average molecular weight is 243 g/mol. The Hall–Kier alpha value is -1.27. The van der Waals surface area contributed by atoms with E-state index in [-0.39, 0.29) is 11.7 Å². The molecule has 2 rings (SSSR count). The van der Waals surface area contributed by atoms with Crippen molar-refractivity contribution >= 4 is 10.0 Å². The van der Waals surface area contributed by atoms with Crippen molar-refractivity contribution < 1.29 is 17.9 Å². The van der Waals surface area contributed by atoms with Crippen molar-refractivity contribution in [1.29, 1.82) is 0 Å². The highest BCUT2D eigenvalue weighted by Gasteiger charge is 2.24. The van der Waals surface area contributed by atoms with E-state index >= 15 is 0 Å². The Balaban J connectivity index is 2.59. The third kappa shape index (κ3) is 1.64. The Morgan fingerprint density at radius 2 is 1.75 bits per heavy atom. The third-order valence-electron chi connectivity index (χ3n) is 2.43. The molecule has 1 aliphatic heterocycles. The van der Waals surface area contributed by atoms with Gasteiger partial charge >= 0.3 is 0 Å². The van der Waals surface area contributed by atoms with Gasteiger partial charge in [-0.2, -0.15) is 0 Å². The Morgan fingerprint density at radius 1 is 1.19 bits per heavy atom. The van der Waals surface area contributed by atoms with Crippen molar-refractivity contribution in [3.63, 3.8) is 0 Å². The summed E-state index contributed by atoms with van der Waals surface area (Å²) in [5.41, 5.74) is 0.651. The fourth-order valence-electron chi connectivity index (χ4n) is 1.50. The second-order valence-corrected chi connectivity index (χ2v) is 5.88. The molecule has 0 atom stereocenters. The zero-order valence-electron chi connectivity index (χ0n) is 9.35. The van der Waals surface area contributed by atoms with Gasteiger partial charge in [0.05, 0.1) is 4.90 Å². The van der Waals surface area contributed by atoms with Gasteiger partial charge in [-0.1, -0.05) is 0 Å². The minimum absolute atomic E-state index is 0.139. The second kappa shape index (κ2) is 3.64. The standard InChI is InChI=1S/C10H13NO4S/c1-7-4-8-9(15-6-14-8)5-10(7)16(12,13)11(2)3/h4-5H,6H2,1-3H3. The van der Waals surface area contributed by atoms with E-state index in [0.29, 0.717) is 17.1 Å². The largest absolute Gasteiger partial charge is 0.454 e. The number of sulfonamides is 1. The Labute approximate surface area is 94.6 Å². The quantitative estimate of drug-likeness (QED) is 0.776. The van der Waals surface area contributed by atoms with Crippen LogP contribution in [0.5, 0.6) is 11.5 Å². The molecule has 0 N–H and O–H groups in total. The lowest BCUT2D eigenvalue weighted by molar-refractivity contribution is 0.174. The summed E-state index contributed by atoms with van der Waals surface area (Å²) in [5, 5.41) is 0. The summed E-state index contributed by atoms with van der Waals surface area (Å²) in [4.78, 5) is 0.252. The number of fused-ring (bicyclic) bond motifs is 1. The van der Waals surface area contributed by atoms with E-state index in [4.69, 9.17) is 9.47 Å². The summed E-state index contributed by atoms with van der Waals surface area (Å²) in [5.74, 6) is 1.07. The first-order valence-electron chi connectivity index (χ1n) is 4.75. The van der Waals surface area contributed by atoms with Crippen LogP contribution in [0.4, 0.5) is 0 Å². The fourth-order valence-corrected chi connectivity index (χ4v) is 2.61. The summed E-state index contributed by atoms with van der Waals surface area (Å²) in [6.45, 7) is 1.87. The maximum atomic E-state index is 12.0. The predicted octanol–water partition coefficient (Wildman–Crippen LogP) is 0.974. The number of nitrogens with zero attached hydrogens (tertiary/aromatic N) is 1. The topological polar surface area (TPSA) is 55.8 Å². The zero-order chi connectivity index (χ0) is 11.9. The Morgan fingerprint density at radius 3 is 2.31 bits per heavy atom. The first-order valence-corrected chi connectivity index (χ1v) is 6.19. The van der Waals surface area contributed by atoms with Gasteiger partial charge in [0.2, 0.25) is 16.8 Å². The molecule has 0 spiro atoms. The van der Waals surface area contributed by atoms with Crippen LogP contribution in [0.15, 0.2) is 17.0 Å². The van der Waals surface area contributed by atoms with Gasteiger partial charge < -0.3 is 9.47 Å². The summed E-state index contributed by atoms with van der Waals surface area (Å²) >= 11 is 0. The normalized spacial score (nSPS) is 14.5. The molecule has 5 nitrogen and oxygen atoms in total. The minimum atomic E-state index is -3.43. The predicted molar refractivity (Wildman–Crippen MR) is 58.2 cm³/mol. The first-order chi connectivity index (χ1) is 7.43. The number of benzene rings is 1. The van der Waals surface area contributed by atoms with Crippen molar-refractivity contribution in [1.82, 2.24) is 4.31 Å². The van der Waals surface area contributed by atoms with E-state index in [0.717, 1.165) is 0 Å². The van der Waals surface area contributed by atoms with E-state index in [1.54, 1.807) is 13.0 Å². The molecule has 1 aromatic rings. The minimum Gasteiger partial charge on any atom is -0.454 e. The lowest BCUT2D eigenvalue weighted by atomic mass is 10.2. The smallest absolute Gasteiger partial charge is 0.242 e. The third-order valence-corrected chi connectivity index (χ3v) is 4.39. The van der Waals surface area contributed by atoms with Gasteiger partial charge in [-0.3, -0.25) is 0 Å². The van der Waals surface area contributed by atoms with Gasteiger partial charge in [0.1, 0.15) is 0 Å². The zero-order valence-corrected chi connectivity index (χ0v) is 10.2. The number of hydrogen-bond donors (Lipinski definition) is 0. The van der Waals surface area contributed by atoms with Crippen LogP contribution in [0.2, 0.25) is 0 Å². The van der Waals surface area contributed by atoms with Gasteiger partial charge in [-0.05, 0) is 18.6 Å². The van der Waals surface area contributed by atoms with Gasteiger partial charge in [-0.25, -0.2) is 12.7 Å². The highest BCUT2D eigenvalue weighted by Crippen LogP contribution is 2.36. The van der Waals surface area contributed by atoms with Gasteiger partial charge in [0, 0.05) is 20.2 Å². The van der Waals surface area contributed by atoms with Gasteiger partial charge in [-0.15, -0.1) is 0 Å². The molecule has 0 bridgehead atoms. The van der Waals surface area contributed by atoms with Crippen molar-refractivity contribution in [2.75, 3.05) is 20.9 Å². The Bertz CT molecular complexity index is 522. The monoisotopic (exact) mass is 243 g/mol. The van der Waals surface area contributed by atoms with Crippen LogP contribution in [-0.4, -0.2) is 33.6 Å². The van der Waals surface area contributed by atoms with Crippen LogP contribution in [0.25, 0.3) is 0 Å². The molecule has 6 heteroatoms. The van der Waals surface area contributed by atoms with E-state index < -0.39 is 10.0 Å². The fraction of sp³-hybridized carbons (Fsp3) is 0.400. The van der Waals surface area contributed by atoms with Crippen molar-refractivity contribution in [3.05, 3.63) is 17.7 Å². The van der Waals surface area contributed by atoms with Crippen molar-refractivity contribution in [2.24, 2.45) is 0 Å². The lowest BCUT2D eigenvalue weighted by Gasteiger charge is -2.13. The molecular weight excluding hydrogens is 230 g/mol. The summed E-state index contributed by atoms with van der Waals surface area (Å²) in [6, 6.07) is 3.19. The Kier molecular flexibility index (Phi) is 2.55. The van der Waals surface area contributed by atoms with Gasteiger partial charge in [0.15, 0.2) is 11.5 Å². The summed E-state index contributed by atoms with van der Waals surface area (Å²) < 4.78 is 35.5. The molecule has 1 aliphatic rings. The number of ether oxygens (including phenoxy) is 2. The molecule has 1 heterocycles. The highest BCUT2D eigenvalue weighted by molar-refractivity contribution is 7.89. The van der Waals surface area contributed by atoms with E-state index in [1.165, 1.54) is 24.5 Å². The molecule has 16 heavy (non-hydrogen) atoms. The lowest BCUT2D eigenvalue weighted by Crippen LogP contribution is -2.22. The van der Waals surface area contributed by atoms with Crippen LogP contribution in [0.3, 0.4) is 0 Å². The summed E-state index contributed by atoms with van der Waals surface area (Å²) in [6.07, 6.45) is 0. The van der Waals surface area contributed by atoms with E-state index in [2.05, 4.69) is 0 Å². The van der Waals surface area contributed by atoms with Crippen LogP contribution in [-0.2, 0) is 10.0 Å². The molecule has 0 fully saturated rings. The van der Waals surface area contributed by atoms with E-state index in [9.17, 15) is 8.42 Å². The van der Waals surface area contributed by atoms with E-state index in [1.807, 2.05) is 0 Å². The van der Waals surface area contributed by atoms with Crippen LogP contribution in [0, 0.1) is 6.92 Å². The van der Waals surface area contributed by atoms with Gasteiger partial charge in [0.25, 0.3) is 0 Å². The molecule has 0 saturated carbocycles. The van der Waals surface area contributed by atoms with Crippen LogP contribution in [0.1, 0.15) is 5.56 Å². The molecule has 88 valence electrons. The molecule has 0 aliphatic carbocycles. The molecule has 0 amide bonds. The maximum absolute atomic E-state index is 12.0. The molecule has 1 aromatic carbocycles. The van der Waals surface area contributed by atoms with Crippen molar-refractivity contribution in [3.8, 4) is 11.5 Å². The highest BCUT2D eigenvalue weighted by atomic mass is 32.2. The maximum Gasteiger partial charge on any atom is 0.242 e. The SMILES string of the molecule is Cc1cc2c(cc1S(=O)(=O)N(C)C)OCO2. The first kappa shape index (κ1) is 11.2. The molecular formula is C10H13NO4S. The van der Waals surface area contributed by atoms with Crippen LogP contribution >= 0.6 is 0 Å². The molecule has 0 radical (unpaired) electrons. The number of rotatable bonds is 2. The molecule has 0 unspecified atom stereocenters.